The quantitative estimate of drug-likeness (QED) is 0.755. The first kappa shape index (κ1) is 14.3. The number of piperidine rings is 1. The molecule has 0 amide bonds. The van der Waals surface area contributed by atoms with E-state index >= 15 is 0 Å². The molecule has 0 bridgehead atoms. The van der Waals surface area contributed by atoms with Crippen LogP contribution >= 0.6 is 0 Å². The molecule has 1 fully saturated rings. The van der Waals surface area contributed by atoms with E-state index in [9.17, 15) is 0 Å². The van der Waals surface area contributed by atoms with Gasteiger partial charge in [-0.25, -0.2) is 0 Å². The molecule has 0 atom stereocenters. The Morgan fingerprint density at radius 3 is 2.84 bits per heavy atom. The lowest BCUT2D eigenvalue weighted by atomic mass is 9.95. The molecule has 0 aromatic carbocycles. The lowest BCUT2D eigenvalue weighted by molar-refractivity contribution is 0.198. The summed E-state index contributed by atoms with van der Waals surface area (Å²) in [6.45, 7) is 6.38. The van der Waals surface area contributed by atoms with Gasteiger partial charge in [0.2, 0.25) is 5.89 Å². The second-order valence-electron chi connectivity index (χ2n) is 4.99. The topological polar surface area (TPSA) is 63.4 Å². The summed E-state index contributed by atoms with van der Waals surface area (Å²) in [5.74, 6) is 1.50. The second-order valence-corrected chi connectivity index (χ2v) is 4.99. The van der Waals surface area contributed by atoms with Gasteiger partial charge in [-0.1, -0.05) is 18.4 Å². The van der Waals surface area contributed by atoms with Crippen molar-refractivity contribution < 1.29 is 9.15 Å². The zero-order valence-corrected chi connectivity index (χ0v) is 11.9. The molecule has 6 nitrogen and oxygen atoms in total. The molecule has 19 heavy (non-hydrogen) atoms. The second kappa shape index (κ2) is 7.45. The molecule has 1 aliphatic heterocycles. The molecule has 1 saturated heterocycles. The minimum absolute atomic E-state index is 0.599. The lowest BCUT2D eigenvalue weighted by Gasteiger charge is -2.29. The number of anilines is 1. The molecule has 0 spiro atoms. The zero-order valence-electron chi connectivity index (χ0n) is 11.9. The standard InChI is InChI=1S/C13H24N4O2/c1-3-11-4-7-17(8-5-11)13-16-15-12(19-13)10-14-6-9-18-2/h11,14H,3-10H2,1-2H3. The van der Waals surface area contributed by atoms with Gasteiger partial charge in [-0.05, 0) is 18.8 Å². The average Bonchev–Trinajstić information content (AvgIpc) is 2.92. The Hall–Kier alpha value is -1.14. The van der Waals surface area contributed by atoms with E-state index in [1.54, 1.807) is 7.11 Å². The van der Waals surface area contributed by atoms with Crippen LogP contribution < -0.4 is 10.2 Å². The van der Waals surface area contributed by atoms with Gasteiger partial charge < -0.3 is 19.4 Å². The van der Waals surface area contributed by atoms with Crippen LogP contribution in [0.15, 0.2) is 4.42 Å². The highest BCUT2D eigenvalue weighted by Gasteiger charge is 2.21. The Labute approximate surface area is 114 Å². The minimum Gasteiger partial charge on any atom is -0.407 e. The first-order chi connectivity index (χ1) is 9.33. The summed E-state index contributed by atoms with van der Waals surface area (Å²) in [5.41, 5.74) is 0. The van der Waals surface area contributed by atoms with Crippen LogP contribution in [0.25, 0.3) is 0 Å². The van der Waals surface area contributed by atoms with Gasteiger partial charge in [-0.2, -0.15) is 0 Å². The van der Waals surface area contributed by atoms with Crippen LogP contribution in [-0.4, -0.2) is 43.5 Å². The number of aromatic nitrogens is 2. The molecule has 0 unspecified atom stereocenters. The maximum Gasteiger partial charge on any atom is 0.318 e. The summed E-state index contributed by atoms with van der Waals surface area (Å²) in [7, 11) is 1.69. The normalized spacial score (nSPS) is 17.1. The molecule has 0 saturated carbocycles. The van der Waals surface area contributed by atoms with Crippen molar-refractivity contribution in [2.75, 3.05) is 38.3 Å². The van der Waals surface area contributed by atoms with Gasteiger partial charge >= 0.3 is 6.01 Å². The van der Waals surface area contributed by atoms with E-state index in [4.69, 9.17) is 9.15 Å². The SMILES string of the molecule is CCC1CCN(c2nnc(CNCCOC)o2)CC1. The Balaban J connectivity index is 1.77. The molecule has 2 rings (SSSR count). The van der Waals surface area contributed by atoms with Crippen LogP contribution in [0.5, 0.6) is 0 Å². The van der Waals surface area contributed by atoms with Crippen LogP contribution in [0.2, 0.25) is 0 Å². The summed E-state index contributed by atoms with van der Waals surface area (Å²) >= 11 is 0. The minimum atomic E-state index is 0.599. The van der Waals surface area contributed by atoms with Gasteiger partial charge in [0.1, 0.15) is 0 Å². The molecule has 6 heteroatoms. The molecule has 1 aromatic heterocycles. The number of nitrogens with one attached hydrogen (secondary N) is 1. The fourth-order valence-electron chi connectivity index (χ4n) is 2.35. The van der Waals surface area contributed by atoms with Crippen molar-refractivity contribution in [3.8, 4) is 0 Å². The Bertz CT molecular complexity index is 361. The summed E-state index contributed by atoms with van der Waals surface area (Å²) in [6.07, 6.45) is 3.72. The third-order valence-electron chi connectivity index (χ3n) is 3.68. The van der Waals surface area contributed by atoms with Gasteiger partial charge in [0.25, 0.3) is 0 Å². The fraction of sp³-hybridized carbons (Fsp3) is 0.846. The van der Waals surface area contributed by atoms with Crippen molar-refractivity contribution >= 4 is 6.01 Å². The van der Waals surface area contributed by atoms with Crippen LogP contribution in [0.4, 0.5) is 6.01 Å². The first-order valence-electron chi connectivity index (χ1n) is 7.10. The van der Waals surface area contributed by atoms with Gasteiger partial charge in [-0.15, -0.1) is 5.10 Å². The predicted molar refractivity (Wildman–Crippen MR) is 73.1 cm³/mol. The monoisotopic (exact) mass is 268 g/mol. The van der Waals surface area contributed by atoms with E-state index in [-0.39, 0.29) is 0 Å². The third kappa shape index (κ3) is 4.18. The maximum atomic E-state index is 5.67. The van der Waals surface area contributed by atoms with Crippen molar-refractivity contribution in [1.82, 2.24) is 15.5 Å². The lowest BCUT2D eigenvalue weighted by Crippen LogP contribution is -2.33. The number of methoxy groups -OCH3 is 1. The van der Waals surface area contributed by atoms with E-state index in [0.717, 1.165) is 25.6 Å². The molecule has 1 N–H and O–H groups in total. The number of hydrogen-bond acceptors (Lipinski definition) is 6. The molecule has 2 heterocycles. The van der Waals surface area contributed by atoms with Crippen molar-refractivity contribution in [2.24, 2.45) is 5.92 Å². The smallest absolute Gasteiger partial charge is 0.318 e. The summed E-state index contributed by atoms with van der Waals surface area (Å²) in [5, 5.41) is 11.4. The number of rotatable bonds is 7. The number of ether oxygens (including phenoxy) is 1. The van der Waals surface area contributed by atoms with Gasteiger partial charge in [0.15, 0.2) is 0 Å². The van der Waals surface area contributed by atoms with Crippen LogP contribution in [0, 0.1) is 5.92 Å². The Kier molecular flexibility index (Phi) is 5.60. The van der Waals surface area contributed by atoms with Gasteiger partial charge in [0, 0.05) is 26.7 Å². The molecule has 1 aromatic rings. The summed E-state index contributed by atoms with van der Waals surface area (Å²) < 4.78 is 10.6. The first-order valence-corrected chi connectivity index (χ1v) is 7.10. The predicted octanol–water partition coefficient (Wildman–Crippen LogP) is 1.43. The maximum absolute atomic E-state index is 5.67. The fourth-order valence-corrected chi connectivity index (χ4v) is 2.35. The van der Waals surface area contributed by atoms with E-state index in [0.29, 0.717) is 25.1 Å². The number of nitrogens with zero attached hydrogens (tertiary/aromatic N) is 3. The Morgan fingerprint density at radius 1 is 1.37 bits per heavy atom. The molecule has 108 valence electrons. The molecule has 0 aliphatic carbocycles. The van der Waals surface area contributed by atoms with Gasteiger partial charge in [0.05, 0.1) is 13.2 Å². The van der Waals surface area contributed by atoms with Crippen LogP contribution in [-0.2, 0) is 11.3 Å². The van der Waals surface area contributed by atoms with Crippen LogP contribution in [0.3, 0.4) is 0 Å². The Morgan fingerprint density at radius 2 is 2.16 bits per heavy atom. The highest BCUT2D eigenvalue weighted by atomic mass is 16.5. The molecular formula is C13H24N4O2. The largest absolute Gasteiger partial charge is 0.407 e. The highest BCUT2D eigenvalue weighted by molar-refractivity contribution is 5.24. The van der Waals surface area contributed by atoms with Crippen molar-refractivity contribution in [3.63, 3.8) is 0 Å². The molecule has 0 radical (unpaired) electrons. The van der Waals surface area contributed by atoms with E-state index in [1.807, 2.05) is 0 Å². The zero-order chi connectivity index (χ0) is 13.5. The summed E-state index contributed by atoms with van der Waals surface area (Å²) in [6, 6.07) is 0.665. The van der Waals surface area contributed by atoms with Crippen molar-refractivity contribution in [1.29, 1.82) is 0 Å². The van der Waals surface area contributed by atoms with Crippen molar-refractivity contribution in [3.05, 3.63) is 5.89 Å². The summed E-state index contributed by atoms with van der Waals surface area (Å²) in [4.78, 5) is 2.19. The molecular weight excluding hydrogens is 244 g/mol. The highest BCUT2D eigenvalue weighted by Crippen LogP contribution is 2.23. The average molecular weight is 268 g/mol. The number of hydrogen-bond donors (Lipinski definition) is 1. The van der Waals surface area contributed by atoms with Crippen molar-refractivity contribution in [2.45, 2.75) is 32.7 Å². The van der Waals surface area contributed by atoms with E-state index in [1.165, 1.54) is 19.3 Å². The van der Waals surface area contributed by atoms with E-state index in [2.05, 4.69) is 27.3 Å². The molecule has 1 aliphatic rings. The third-order valence-corrected chi connectivity index (χ3v) is 3.68. The van der Waals surface area contributed by atoms with Gasteiger partial charge in [-0.3, -0.25) is 0 Å². The van der Waals surface area contributed by atoms with Crippen LogP contribution in [0.1, 0.15) is 32.1 Å². The van der Waals surface area contributed by atoms with E-state index < -0.39 is 0 Å².